The van der Waals surface area contributed by atoms with Gasteiger partial charge in [0.05, 0.1) is 27.8 Å². The molecule has 0 aliphatic heterocycles. The van der Waals surface area contributed by atoms with Crippen molar-refractivity contribution in [1.82, 2.24) is 14.1 Å². The highest BCUT2D eigenvalue weighted by molar-refractivity contribution is 7.27. The first-order chi connectivity index (χ1) is 27.8. The van der Waals surface area contributed by atoms with Crippen LogP contribution in [0.5, 0.6) is 0 Å². The molecule has 5 heterocycles. The lowest BCUT2D eigenvalue weighted by Crippen LogP contribution is -1.96. The molecule has 0 saturated carbocycles. The Bertz CT molecular complexity index is 3760. The highest BCUT2D eigenvalue weighted by Gasteiger charge is 2.20. The predicted octanol–water partition coefficient (Wildman–Crippen LogP) is 14.8. The summed E-state index contributed by atoms with van der Waals surface area (Å²) in [5.74, 6) is 0.927. The molecule has 0 unspecified atom stereocenters. The molecule has 5 heteroatoms. The number of rotatable bonds is 3. The zero-order chi connectivity index (χ0) is 36.5. The summed E-state index contributed by atoms with van der Waals surface area (Å²) in [6, 6.07) is 62.6. The number of thiophene rings is 2. The van der Waals surface area contributed by atoms with E-state index in [-0.39, 0.29) is 0 Å². The summed E-state index contributed by atoms with van der Waals surface area (Å²) in [5, 5.41) is 12.8. The summed E-state index contributed by atoms with van der Waals surface area (Å²) in [5.41, 5.74) is 8.43. The van der Waals surface area contributed by atoms with Crippen LogP contribution in [0.2, 0.25) is 0 Å². The van der Waals surface area contributed by atoms with Crippen molar-refractivity contribution in [3.63, 3.8) is 0 Å². The van der Waals surface area contributed by atoms with Crippen LogP contribution in [0.4, 0.5) is 0 Å². The van der Waals surface area contributed by atoms with Gasteiger partial charge in [0, 0.05) is 73.5 Å². The molecule has 260 valence electrons. The molecule has 13 rings (SSSR count). The summed E-state index contributed by atoms with van der Waals surface area (Å²) in [4.78, 5) is 4.86. The highest BCUT2D eigenvalue weighted by atomic mass is 32.1. The molecule has 0 radical (unpaired) electrons. The quantitative estimate of drug-likeness (QED) is 0.176. The second-order valence-electron chi connectivity index (χ2n) is 14.7. The van der Waals surface area contributed by atoms with Crippen LogP contribution < -0.4 is 0 Å². The summed E-state index contributed by atoms with van der Waals surface area (Å²) >= 11 is 3.77. The van der Waals surface area contributed by atoms with Crippen LogP contribution in [-0.4, -0.2) is 14.1 Å². The molecule has 8 aromatic carbocycles. The van der Waals surface area contributed by atoms with Crippen molar-refractivity contribution in [3.05, 3.63) is 176 Å². The maximum Gasteiger partial charge on any atom is 0.137 e. The lowest BCUT2D eigenvalue weighted by atomic mass is 10.0. The summed E-state index contributed by atoms with van der Waals surface area (Å²) in [7, 11) is 0. The molecule has 56 heavy (non-hydrogen) atoms. The van der Waals surface area contributed by atoms with Gasteiger partial charge in [-0.3, -0.25) is 4.57 Å². The number of hydrogen-bond donors (Lipinski definition) is 0. The number of nitrogens with zero attached hydrogens (tertiary/aromatic N) is 3. The third-order valence-corrected chi connectivity index (χ3v) is 14.1. The molecule has 0 spiro atoms. The Kier molecular flexibility index (Phi) is 6.20. The van der Waals surface area contributed by atoms with Crippen LogP contribution in [0, 0.1) is 0 Å². The molecule has 0 atom stereocenters. The number of benzene rings is 8. The predicted molar refractivity (Wildman–Crippen MR) is 242 cm³/mol. The van der Waals surface area contributed by atoms with Crippen molar-refractivity contribution in [2.45, 2.75) is 0 Å². The molecule has 0 aliphatic carbocycles. The fraction of sp³-hybridized carbons (Fsp3) is 0. The SMILES string of the molecule is c1ccc(-n2c3cc(-c4ccc5sc6c(ccc7c6c6ccccc6n7-c6cccc7ccccc67)c5c4)ccc3c3cc4c(cc32)sc2ccccc24)nc1. The third-order valence-electron chi connectivity index (χ3n) is 11.8. The molecule has 0 amide bonds. The zero-order valence-electron chi connectivity index (χ0n) is 29.9. The molecule has 3 nitrogen and oxygen atoms in total. The molecule has 0 saturated heterocycles. The van der Waals surface area contributed by atoms with E-state index in [0.717, 1.165) is 11.3 Å². The largest absolute Gasteiger partial charge is 0.309 e. The Morgan fingerprint density at radius 2 is 1.11 bits per heavy atom. The van der Waals surface area contributed by atoms with E-state index in [0.29, 0.717) is 0 Å². The maximum absolute atomic E-state index is 4.86. The van der Waals surface area contributed by atoms with Gasteiger partial charge in [0.1, 0.15) is 5.82 Å². The van der Waals surface area contributed by atoms with Gasteiger partial charge in [0.25, 0.3) is 0 Å². The maximum atomic E-state index is 4.86. The van der Waals surface area contributed by atoms with E-state index in [1.165, 1.54) is 106 Å². The average molecular weight is 748 g/mol. The van der Waals surface area contributed by atoms with Crippen molar-refractivity contribution < 1.29 is 0 Å². The topological polar surface area (TPSA) is 22.8 Å². The summed E-state index contributed by atoms with van der Waals surface area (Å²) < 4.78 is 10.1. The van der Waals surface area contributed by atoms with E-state index < -0.39 is 0 Å². The van der Waals surface area contributed by atoms with Gasteiger partial charge in [0.2, 0.25) is 0 Å². The van der Waals surface area contributed by atoms with Gasteiger partial charge < -0.3 is 4.57 Å². The van der Waals surface area contributed by atoms with Crippen LogP contribution in [0.3, 0.4) is 0 Å². The van der Waals surface area contributed by atoms with E-state index >= 15 is 0 Å². The van der Waals surface area contributed by atoms with Gasteiger partial charge >= 0.3 is 0 Å². The Hall–Kier alpha value is -6.79. The van der Waals surface area contributed by atoms with Crippen LogP contribution in [0.15, 0.2) is 176 Å². The fourth-order valence-electron chi connectivity index (χ4n) is 9.28. The Morgan fingerprint density at radius 3 is 2.04 bits per heavy atom. The van der Waals surface area contributed by atoms with Crippen molar-refractivity contribution in [1.29, 1.82) is 0 Å². The van der Waals surface area contributed by atoms with E-state index in [2.05, 4.69) is 173 Å². The molecule has 0 fully saturated rings. The van der Waals surface area contributed by atoms with Crippen molar-refractivity contribution in [2.75, 3.05) is 0 Å². The number of para-hydroxylation sites is 1. The second kappa shape index (κ2) is 11.4. The van der Waals surface area contributed by atoms with Crippen LogP contribution in [0.1, 0.15) is 0 Å². The fourth-order valence-corrected chi connectivity index (χ4v) is 11.6. The summed E-state index contributed by atoms with van der Waals surface area (Å²) in [6.07, 6.45) is 1.89. The molecule has 0 aliphatic rings. The second-order valence-corrected chi connectivity index (χ2v) is 16.9. The molecule has 0 N–H and O–H groups in total. The standard InChI is InChI=1S/C51H29N3S2/c1-2-12-33-30(10-1)11-9-16-41(33)53-42-15-5-3-14-37(42)50-43(53)23-22-36-39-26-31(20-24-47(39)56-51(36)50)32-19-21-34-38-28-40-35-13-4-6-17-46(35)55-48(40)29-45(38)54(44(34)27-32)49-18-7-8-25-52-49/h1-29H. The molecule has 5 aromatic heterocycles. The molecule has 0 bridgehead atoms. The number of hydrogen-bond acceptors (Lipinski definition) is 3. The van der Waals surface area contributed by atoms with Gasteiger partial charge in [-0.05, 0) is 83.2 Å². The van der Waals surface area contributed by atoms with E-state index in [4.69, 9.17) is 4.98 Å². The van der Waals surface area contributed by atoms with Gasteiger partial charge in [-0.1, -0.05) is 103 Å². The van der Waals surface area contributed by atoms with Crippen molar-refractivity contribution >= 4 is 117 Å². The van der Waals surface area contributed by atoms with Crippen molar-refractivity contribution in [3.8, 4) is 22.6 Å². The smallest absolute Gasteiger partial charge is 0.137 e. The summed E-state index contributed by atoms with van der Waals surface area (Å²) in [6.45, 7) is 0. The first-order valence-corrected chi connectivity index (χ1v) is 20.6. The highest BCUT2D eigenvalue weighted by Crippen LogP contribution is 2.46. The van der Waals surface area contributed by atoms with Gasteiger partial charge in [-0.2, -0.15) is 0 Å². The molecule has 13 aromatic rings. The monoisotopic (exact) mass is 747 g/mol. The van der Waals surface area contributed by atoms with E-state index in [9.17, 15) is 0 Å². The van der Waals surface area contributed by atoms with Crippen molar-refractivity contribution in [2.24, 2.45) is 0 Å². The van der Waals surface area contributed by atoms with Gasteiger partial charge in [0.15, 0.2) is 0 Å². The van der Waals surface area contributed by atoms with Crippen LogP contribution in [0.25, 0.3) is 117 Å². The number of fused-ring (bicyclic) bond motifs is 14. The van der Waals surface area contributed by atoms with Gasteiger partial charge in [-0.15, -0.1) is 22.7 Å². The minimum absolute atomic E-state index is 0.927. The lowest BCUT2D eigenvalue weighted by molar-refractivity contribution is 1.08. The van der Waals surface area contributed by atoms with Crippen LogP contribution >= 0.6 is 22.7 Å². The number of pyridine rings is 1. The van der Waals surface area contributed by atoms with Gasteiger partial charge in [-0.25, -0.2) is 4.98 Å². The first-order valence-electron chi connectivity index (χ1n) is 18.9. The first kappa shape index (κ1) is 30.5. The third kappa shape index (κ3) is 4.18. The van der Waals surface area contributed by atoms with E-state index in [1.807, 2.05) is 34.9 Å². The number of aromatic nitrogens is 3. The Labute approximate surface area is 328 Å². The van der Waals surface area contributed by atoms with Crippen LogP contribution in [-0.2, 0) is 0 Å². The zero-order valence-corrected chi connectivity index (χ0v) is 31.5. The Balaban J connectivity index is 1.03. The lowest BCUT2D eigenvalue weighted by Gasteiger charge is -2.11. The Morgan fingerprint density at radius 1 is 0.375 bits per heavy atom. The molecular formula is C51H29N3S2. The normalized spacial score (nSPS) is 12.3. The average Bonchev–Trinajstić information content (AvgIpc) is 3.99. The minimum atomic E-state index is 0.927. The molecular weight excluding hydrogens is 719 g/mol. The van der Waals surface area contributed by atoms with E-state index in [1.54, 1.807) is 0 Å². The minimum Gasteiger partial charge on any atom is -0.309 e.